The predicted molar refractivity (Wildman–Crippen MR) is 77.6 cm³/mol. The highest BCUT2D eigenvalue weighted by Crippen LogP contribution is 2.21. The van der Waals surface area contributed by atoms with E-state index in [-0.39, 0.29) is 16.6 Å². The van der Waals surface area contributed by atoms with Crippen LogP contribution in [0.4, 0.5) is 8.78 Å². The molecule has 0 aliphatic rings. The fourth-order valence-electron chi connectivity index (χ4n) is 1.85. The first kappa shape index (κ1) is 14.9. The lowest BCUT2D eigenvalue weighted by Crippen LogP contribution is -2.15. The molecule has 0 aliphatic carbocycles. The van der Waals surface area contributed by atoms with Gasteiger partial charge in [0, 0.05) is 18.7 Å². The van der Waals surface area contributed by atoms with Crippen molar-refractivity contribution in [1.29, 1.82) is 0 Å². The van der Waals surface area contributed by atoms with Crippen molar-refractivity contribution in [3.8, 4) is 5.75 Å². The molecule has 106 valence electrons. The molecule has 0 heterocycles. The zero-order valence-corrected chi connectivity index (χ0v) is 12.5. The van der Waals surface area contributed by atoms with Gasteiger partial charge in [-0.3, -0.25) is 0 Å². The van der Waals surface area contributed by atoms with Gasteiger partial charge in [0.15, 0.2) is 0 Å². The molecule has 0 unspecified atom stereocenters. The molecular weight excluding hydrogens is 328 g/mol. The van der Waals surface area contributed by atoms with Crippen LogP contribution in [0, 0.1) is 11.6 Å². The van der Waals surface area contributed by atoms with Crippen molar-refractivity contribution in [2.24, 2.45) is 0 Å². The van der Waals surface area contributed by atoms with Crippen LogP contribution in [0.25, 0.3) is 0 Å². The summed E-state index contributed by atoms with van der Waals surface area (Å²) in [5, 5.41) is 3.02. The van der Waals surface area contributed by atoms with E-state index in [0.29, 0.717) is 6.54 Å². The van der Waals surface area contributed by atoms with Gasteiger partial charge < -0.3 is 10.1 Å². The van der Waals surface area contributed by atoms with Gasteiger partial charge in [-0.1, -0.05) is 12.1 Å². The second-order valence-corrected chi connectivity index (χ2v) is 5.13. The van der Waals surface area contributed by atoms with Gasteiger partial charge >= 0.3 is 0 Å². The SMILES string of the molecule is COc1cccc(CNCc2c(F)ccc(Br)c2F)c1. The summed E-state index contributed by atoms with van der Waals surface area (Å²) >= 11 is 3.05. The summed E-state index contributed by atoms with van der Waals surface area (Å²) in [4.78, 5) is 0. The summed E-state index contributed by atoms with van der Waals surface area (Å²) in [7, 11) is 1.60. The predicted octanol–water partition coefficient (Wildman–Crippen LogP) is 4.03. The van der Waals surface area contributed by atoms with Crippen LogP contribution in [0.5, 0.6) is 5.75 Å². The lowest BCUT2D eigenvalue weighted by molar-refractivity contribution is 0.414. The third-order valence-corrected chi connectivity index (χ3v) is 3.52. The highest BCUT2D eigenvalue weighted by molar-refractivity contribution is 9.10. The van der Waals surface area contributed by atoms with Crippen molar-refractivity contribution in [2.45, 2.75) is 13.1 Å². The Kier molecular flexibility index (Phi) is 5.09. The zero-order valence-electron chi connectivity index (χ0n) is 10.9. The van der Waals surface area contributed by atoms with Crippen molar-refractivity contribution in [3.63, 3.8) is 0 Å². The van der Waals surface area contributed by atoms with Gasteiger partial charge in [0.05, 0.1) is 11.6 Å². The van der Waals surface area contributed by atoms with Crippen molar-refractivity contribution < 1.29 is 13.5 Å². The quantitative estimate of drug-likeness (QED) is 0.829. The van der Waals surface area contributed by atoms with E-state index in [1.807, 2.05) is 24.3 Å². The van der Waals surface area contributed by atoms with E-state index in [9.17, 15) is 8.78 Å². The third-order valence-electron chi connectivity index (χ3n) is 2.90. The van der Waals surface area contributed by atoms with Crippen molar-refractivity contribution in [3.05, 3.63) is 63.6 Å². The number of benzene rings is 2. The molecule has 0 aliphatic heterocycles. The highest BCUT2D eigenvalue weighted by atomic mass is 79.9. The molecule has 1 N–H and O–H groups in total. The third kappa shape index (κ3) is 3.55. The largest absolute Gasteiger partial charge is 0.497 e. The minimum atomic E-state index is -0.567. The Morgan fingerprint density at radius 3 is 2.70 bits per heavy atom. The molecule has 2 aromatic rings. The summed E-state index contributed by atoms with van der Waals surface area (Å²) in [6, 6.07) is 10.1. The van der Waals surface area contributed by atoms with Crippen LogP contribution in [0.3, 0.4) is 0 Å². The van der Waals surface area contributed by atoms with E-state index in [1.165, 1.54) is 12.1 Å². The highest BCUT2D eigenvalue weighted by Gasteiger charge is 2.11. The van der Waals surface area contributed by atoms with Crippen LogP contribution in [0.1, 0.15) is 11.1 Å². The van der Waals surface area contributed by atoms with Crippen LogP contribution < -0.4 is 10.1 Å². The monoisotopic (exact) mass is 341 g/mol. The molecule has 0 saturated heterocycles. The maximum atomic E-state index is 13.8. The van der Waals surface area contributed by atoms with E-state index in [2.05, 4.69) is 21.2 Å². The molecule has 20 heavy (non-hydrogen) atoms. The number of halogens is 3. The first-order chi connectivity index (χ1) is 9.61. The average Bonchev–Trinajstić information content (AvgIpc) is 2.47. The molecule has 0 radical (unpaired) electrons. The number of hydrogen-bond acceptors (Lipinski definition) is 2. The number of hydrogen-bond donors (Lipinski definition) is 1. The van der Waals surface area contributed by atoms with Gasteiger partial charge in [0.25, 0.3) is 0 Å². The summed E-state index contributed by atoms with van der Waals surface area (Å²) in [6.07, 6.45) is 0. The average molecular weight is 342 g/mol. The van der Waals surface area contributed by atoms with Gasteiger partial charge in [-0.05, 0) is 45.8 Å². The standard InChI is InChI=1S/C15H14BrF2NO/c1-20-11-4-2-3-10(7-11)8-19-9-12-14(17)6-5-13(16)15(12)18/h2-7,19H,8-9H2,1H3. The maximum absolute atomic E-state index is 13.8. The van der Waals surface area contributed by atoms with Gasteiger partial charge in [0.1, 0.15) is 17.4 Å². The van der Waals surface area contributed by atoms with E-state index >= 15 is 0 Å². The van der Waals surface area contributed by atoms with Gasteiger partial charge in [-0.2, -0.15) is 0 Å². The number of ether oxygens (including phenoxy) is 1. The molecule has 0 saturated carbocycles. The summed E-state index contributed by atoms with van der Waals surface area (Å²) < 4.78 is 32.7. The molecule has 2 aromatic carbocycles. The van der Waals surface area contributed by atoms with Crippen molar-refractivity contribution >= 4 is 15.9 Å². The fourth-order valence-corrected chi connectivity index (χ4v) is 2.22. The topological polar surface area (TPSA) is 21.3 Å². The zero-order chi connectivity index (χ0) is 14.5. The molecule has 0 aromatic heterocycles. The van der Waals surface area contributed by atoms with Crippen LogP contribution in [-0.2, 0) is 13.1 Å². The fraction of sp³-hybridized carbons (Fsp3) is 0.200. The number of nitrogens with one attached hydrogen (secondary N) is 1. The maximum Gasteiger partial charge on any atom is 0.144 e. The first-order valence-corrected chi connectivity index (χ1v) is 6.87. The van der Waals surface area contributed by atoms with Crippen molar-refractivity contribution in [1.82, 2.24) is 5.32 Å². The lowest BCUT2D eigenvalue weighted by atomic mass is 10.1. The number of methoxy groups -OCH3 is 1. The molecular formula is C15H14BrF2NO. The molecule has 0 amide bonds. The smallest absolute Gasteiger partial charge is 0.144 e. The van der Waals surface area contributed by atoms with E-state index in [1.54, 1.807) is 7.11 Å². The Morgan fingerprint density at radius 1 is 1.15 bits per heavy atom. The lowest BCUT2D eigenvalue weighted by Gasteiger charge is -2.09. The minimum absolute atomic E-state index is 0.0299. The van der Waals surface area contributed by atoms with Crippen LogP contribution >= 0.6 is 15.9 Å². The summed E-state index contributed by atoms with van der Waals surface area (Å²) in [6.45, 7) is 0.622. The van der Waals surface area contributed by atoms with Gasteiger partial charge in [-0.25, -0.2) is 8.78 Å². The Labute approximate surface area is 124 Å². The van der Waals surface area contributed by atoms with Gasteiger partial charge in [-0.15, -0.1) is 0 Å². The molecule has 2 nitrogen and oxygen atoms in total. The molecule has 0 atom stereocenters. The van der Waals surface area contributed by atoms with Gasteiger partial charge in [0.2, 0.25) is 0 Å². The molecule has 0 spiro atoms. The second-order valence-electron chi connectivity index (χ2n) is 4.28. The first-order valence-electron chi connectivity index (χ1n) is 6.08. The van der Waals surface area contributed by atoms with Crippen LogP contribution in [0.15, 0.2) is 40.9 Å². The van der Waals surface area contributed by atoms with E-state index in [0.717, 1.165) is 11.3 Å². The molecule has 2 rings (SSSR count). The Morgan fingerprint density at radius 2 is 1.95 bits per heavy atom. The summed E-state index contributed by atoms with van der Waals surface area (Å²) in [5.41, 5.74) is 1.02. The minimum Gasteiger partial charge on any atom is -0.497 e. The van der Waals surface area contributed by atoms with Crippen molar-refractivity contribution in [2.75, 3.05) is 7.11 Å². The Hall–Kier alpha value is -1.46. The van der Waals surface area contributed by atoms with Crippen LogP contribution in [0.2, 0.25) is 0 Å². The Balaban J connectivity index is 2.01. The molecule has 0 bridgehead atoms. The van der Waals surface area contributed by atoms with Crippen LogP contribution in [-0.4, -0.2) is 7.11 Å². The van der Waals surface area contributed by atoms with E-state index in [4.69, 9.17) is 4.74 Å². The normalized spacial score (nSPS) is 10.6. The Bertz CT molecular complexity index is 604. The number of rotatable bonds is 5. The molecule has 5 heteroatoms. The summed E-state index contributed by atoms with van der Waals surface area (Å²) in [5.74, 6) is -0.365. The molecule has 0 fully saturated rings. The van der Waals surface area contributed by atoms with E-state index < -0.39 is 11.6 Å². The second kappa shape index (κ2) is 6.81.